The summed E-state index contributed by atoms with van der Waals surface area (Å²) in [5.41, 5.74) is -1.19. The van der Waals surface area contributed by atoms with E-state index in [1.165, 1.54) is 6.07 Å². The van der Waals surface area contributed by atoms with E-state index in [4.69, 9.17) is 13.9 Å². The Kier molecular flexibility index (Phi) is 5.78. The van der Waals surface area contributed by atoms with Gasteiger partial charge in [0.05, 0.1) is 6.61 Å². The highest BCUT2D eigenvalue weighted by Crippen LogP contribution is 2.39. The van der Waals surface area contributed by atoms with E-state index in [1.54, 1.807) is 0 Å². The number of aliphatic hydroxyl groups is 4. The van der Waals surface area contributed by atoms with Gasteiger partial charge in [-0.3, -0.25) is 4.79 Å². The molecule has 1 aliphatic rings. The molecule has 33 heavy (non-hydrogen) atoms. The molecule has 12 nitrogen and oxygen atoms in total. The van der Waals surface area contributed by atoms with Crippen LogP contribution in [0.25, 0.3) is 22.3 Å². The number of rotatable bonds is 4. The average molecular weight is 464 g/mol. The number of aromatic hydroxyl groups is 4. The number of hydrogen-bond donors (Lipinski definition) is 8. The van der Waals surface area contributed by atoms with Gasteiger partial charge in [-0.15, -0.1) is 0 Å². The summed E-state index contributed by atoms with van der Waals surface area (Å²) < 4.78 is 16.2. The van der Waals surface area contributed by atoms with Crippen LogP contribution in [0.4, 0.5) is 0 Å². The number of ether oxygens (including phenoxy) is 2. The van der Waals surface area contributed by atoms with Gasteiger partial charge in [0.2, 0.25) is 17.5 Å². The first-order valence-corrected chi connectivity index (χ1v) is 9.64. The summed E-state index contributed by atoms with van der Waals surface area (Å²) in [5.74, 6) is -3.01. The average Bonchev–Trinajstić information content (AvgIpc) is 2.77. The predicted molar refractivity (Wildman–Crippen MR) is 109 cm³/mol. The second kappa shape index (κ2) is 8.42. The molecule has 2 aromatic carbocycles. The molecule has 2 heterocycles. The molecule has 1 saturated heterocycles. The maximum absolute atomic E-state index is 12.5. The SMILES string of the molecule is O=c1c(O)c(-c2ccc(O)c(OC3OC(CO)C(O)C(O)C3O)c2)oc2cc(O)cc(O)c12. The minimum atomic E-state index is -1.75. The standard InChI is InChI=1S/C21H20O12/c22-6-13-15(26)17(28)19(30)21(33-13)32-11-3-7(1-2-9(11)24)20-18(29)16(27)14-10(25)4-8(23)5-12(14)31-20/h1-5,13,15,17,19,21-26,28-30H,6H2. The van der Waals surface area contributed by atoms with Crippen LogP contribution in [0, 0.1) is 0 Å². The Bertz CT molecular complexity index is 1250. The minimum Gasteiger partial charge on any atom is -0.508 e. The lowest BCUT2D eigenvalue weighted by molar-refractivity contribution is -0.277. The van der Waals surface area contributed by atoms with E-state index < -0.39 is 65.7 Å². The van der Waals surface area contributed by atoms with Crippen molar-refractivity contribution in [3.05, 3.63) is 40.6 Å². The number of phenols is 3. The third-order valence-electron chi connectivity index (χ3n) is 5.25. The molecule has 4 rings (SSSR count). The van der Waals surface area contributed by atoms with Crippen LogP contribution in [0.1, 0.15) is 0 Å². The Morgan fingerprint density at radius 2 is 1.64 bits per heavy atom. The van der Waals surface area contributed by atoms with Gasteiger partial charge < -0.3 is 54.7 Å². The van der Waals surface area contributed by atoms with E-state index in [-0.39, 0.29) is 28.0 Å². The topological polar surface area (TPSA) is 211 Å². The van der Waals surface area contributed by atoms with E-state index in [0.717, 1.165) is 24.3 Å². The molecule has 0 aliphatic carbocycles. The number of fused-ring (bicyclic) bond motifs is 1. The number of aliphatic hydroxyl groups excluding tert-OH is 4. The first-order valence-electron chi connectivity index (χ1n) is 9.64. The van der Waals surface area contributed by atoms with Crippen LogP contribution in [-0.4, -0.2) is 78.2 Å². The smallest absolute Gasteiger partial charge is 0.238 e. The number of hydrogen-bond acceptors (Lipinski definition) is 12. The fourth-order valence-corrected chi connectivity index (χ4v) is 3.51. The zero-order chi connectivity index (χ0) is 24.0. The molecule has 0 radical (unpaired) electrons. The van der Waals surface area contributed by atoms with Crippen molar-refractivity contribution in [3.8, 4) is 40.1 Å². The van der Waals surface area contributed by atoms with Crippen LogP contribution in [-0.2, 0) is 4.74 Å². The van der Waals surface area contributed by atoms with Crippen molar-refractivity contribution < 1.29 is 54.7 Å². The summed E-state index contributed by atoms with van der Waals surface area (Å²) in [5, 5.41) is 78.9. The zero-order valence-electron chi connectivity index (χ0n) is 16.7. The first kappa shape index (κ1) is 22.6. The van der Waals surface area contributed by atoms with Gasteiger partial charge in [0.15, 0.2) is 17.3 Å². The lowest BCUT2D eigenvalue weighted by atomic mass is 9.99. The third kappa shape index (κ3) is 3.90. The van der Waals surface area contributed by atoms with Crippen LogP contribution in [0.5, 0.6) is 28.7 Å². The third-order valence-corrected chi connectivity index (χ3v) is 5.25. The van der Waals surface area contributed by atoms with Gasteiger partial charge >= 0.3 is 0 Å². The largest absolute Gasteiger partial charge is 0.508 e. The van der Waals surface area contributed by atoms with E-state index in [0.29, 0.717) is 0 Å². The van der Waals surface area contributed by atoms with Crippen molar-refractivity contribution in [1.82, 2.24) is 0 Å². The normalized spacial score (nSPS) is 25.3. The van der Waals surface area contributed by atoms with E-state index >= 15 is 0 Å². The molecule has 176 valence electrons. The predicted octanol–water partition coefficient (Wildman–Crippen LogP) is -0.539. The molecule has 5 atom stereocenters. The number of phenolic OH excluding ortho intramolecular Hbond substituents is 3. The second-order valence-corrected chi connectivity index (χ2v) is 7.44. The molecule has 0 amide bonds. The second-order valence-electron chi connectivity index (χ2n) is 7.44. The van der Waals surface area contributed by atoms with Gasteiger partial charge in [-0.2, -0.15) is 0 Å². The summed E-state index contributed by atoms with van der Waals surface area (Å²) in [6.07, 6.45) is -7.92. The van der Waals surface area contributed by atoms with Gasteiger partial charge in [0.25, 0.3) is 0 Å². The molecule has 0 saturated carbocycles. The Morgan fingerprint density at radius 1 is 0.909 bits per heavy atom. The van der Waals surface area contributed by atoms with E-state index in [9.17, 15) is 45.6 Å². The molecule has 0 spiro atoms. The number of benzene rings is 2. The van der Waals surface area contributed by atoms with Crippen LogP contribution in [0.2, 0.25) is 0 Å². The molecule has 1 fully saturated rings. The lowest BCUT2D eigenvalue weighted by Gasteiger charge is -2.39. The molecular formula is C21H20O12. The maximum Gasteiger partial charge on any atom is 0.238 e. The van der Waals surface area contributed by atoms with Crippen molar-refractivity contribution in [2.24, 2.45) is 0 Å². The Labute approximate surface area is 184 Å². The van der Waals surface area contributed by atoms with Crippen molar-refractivity contribution in [1.29, 1.82) is 0 Å². The molecule has 1 aliphatic heterocycles. The van der Waals surface area contributed by atoms with Crippen LogP contribution < -0.4 is 10.2 Å². The summed E-state index contributed by atoms with van der Waals surface area (Å²) in [7, 11) is 0. The summed E-state index contributed by atoms with van der Waals surface area (Å²) in [6, 6.07) is 5.49. The molecule has 3 aromatic rings. The van der Waals surface area contributed by atoms with Crippen LogP contribution in [0.3, 0.4) is 0 Å². The Hall–Kier alpha value is -3.55. The molecule has 8 N–H and O–H groups in total. The monoisotopic (exact) mass is 464 g/mol. The molecular weight excluding hydrogens is 444 g/mol. The molecule has 1 aromatic heterocycles. The minimum absolute atomic E-state index is 0.0201. The van der Waals surface area contributed by atoms with Crippen molar-refractivity contribution in [3.63, 3.8) is 0 Å². The lowest BCUT2D eigenvalue weighted by Crippen LogP contribution is -2.60. The van der Waals surface area contributed by atoms with Gasteiger partial charge in [-0.05, 0) is 18.2 Å². The van der Waals surface area contributed by atoms with Crippen LogP contribution in [0.15, 0.2) is 39.5 Å². The van der Waals surface area contributed by atoms with Crippen molar-refractivity contribution >= 4 is 11.0 Å². The van der Waals surface area contributed by atoms with Gasteiger partial charge in [0, 0.05) is 17.7 Å². The summed E-state index contributed by atoms with van der Waals surface area (Å²) in [4.78, 5) is 12.5. The molecule has 5 unspecified atom stereocenters. The van der Waals surface area contributed by atoms with E-state index in [1.807, 2.05) is 0 Å². The van der Waals surface area contributed by atoms with Crippen LogP contribution >= 0.6 is 0 Å². The summed E-state index contributed by atoms with van der Waals surface area (Å²) in [6.45, 7) is -0.688. The highest BCUT2D eigenvalue weighted by atomic mass is 16.7. The highest BCUT2D eigenvalue weighted by molar-refractivity contribution is 5.88. The summed E-state index contributed by atoms with van der Waals surface area (Å²) >= 11 is 0. The maximum atomic E-state index is 12.5. The first-order chi connectivity index (χ1) is 15.6. The van der Waals surface area contributed by atoms with Crippen molar-refractivity contribution in [2.75, 3.05) is 6.61 Å². The Balaban J connectivity index is 1.75. The van der Waals surface area contributed by atoms with Gasteiger partial charge in [-0.1, -0.05) is 0 Å². The molecule has 12 heteroatoms. The van der Waals surface area contributed by atoms with Gasteiger partial charge in [-0.25, -0.2) is 0 Å². The van der Waals surface area contributed by atoms with E-state index in [2.05, 4.69) is 0 Å². The quantitative estimate of drug-likeness (QED) is 0.245. The molecule has 0 bridgehead atoms. The zero-order valence-corrected chi connectivity index (χ0v) is 16.7. The van der Waals surface area contributed by atoms with Gasteiger partial charge in [0.1, 0.15) is 46.9 Å². The van der Waals surface area contributed by atoms with Crippen molar-refractivity contribution in [2.45, 2.75) is 30.7 Å². The fraction of sp³-hybridized carbons (Fsp3) is 0.286. The highest BCUT2D eigenvalue weighted by Gasteiger charge is 2.45. The fourth-order valence-electron chi connectivity index (χ4n) is 3.51. The Morgan fingerprint density at radius 3 is 2.33 bits per heavy atom.